The minimum absolute atomic E-state index is 0. The number of hydrogen-bond donors (Lipinski definition) is 2. The molecule has 1 aliphatic carbocycles. The zero-order valence-electron chi connectivity index (χ0n) is 5.62. The summed E-state index contributed by atoms with van der Waals surface area (Å²) >= 11 is 0. The van der Waals surface area contributed by atoms with Crippen LogP contribution in [0, 0.1) is 5.92 Å². The summed E-state index contributed by atoms with van der Waals surface area (Å²) in [6.45, 7) is 0. The Morgan fingerprint density at radius 1 is 1.50 bits per heavy atom. The Kier molecular flexibility index (Phi) is 3.68. The second-order valence-corrected chi connectivity index (χ2v) is 2.61. The maximum absolute atomic E-state index is 10.3. The molecule has 0 aromatic rings. The Balaban J connectivity index is 0.000000810. The molecule has 0 aliphatic heterocycles. The number of nitrogens with two attached hydrogens (primary N) is 1. The van der Waals surface area contributed by atoms with Crippen molar-refractivity contribution in [2.45, 2.75) is 25.3 Å². The number of halogens is 1. The van der Waals surface area contributed by atoms with Crippen molar-refractivity contribution in [3.05, 3.63) is 0 Å². The molecule has 1 rings (SSSR count). The number of rotatable bonds is 1. The maximum atomic E-state index is 10.3. The van der Waals surface area contributed by atoms with Crippen LogP contribution in [-0.4, -0.2) is 17.1 Å². The molecule has 1 unspecified atom stereocenters. The van der Waals surface area contributed by atoms with Crippen LogP contribution in [0.3, 0.4) is 0 Å². The summed E-state index contributed by atoms with van der Waals surface area (Å²) < 4.78 is 0. The third-order valence-corrected chi connectivity index (χ3v) is 1.82. The lowest BCUT2D eigenvalue weighted by Crippen LogP contribution is -2.17. The van der Waals surface area contributed by atoms with E-state index in [1.54, 1.807) is 0 Å². The standard InChI is InChI=1S/C6H11NO2.ClH/c7-5-2-1-4(3-5)6(8)9;/h4-5H,1-3,7H2,(H,8,9);1H/t4?,5-;/m1./s1. The van der Waals surface area contributed by atoms with Gasteiger partial charge in [-0.1, -0.05) is 0 Å². The average Bonchev–Trinajstić information content (AvgIpc) is 2.14. The zero-order valence-corrected chi connectivity index (χ0v) is 6.43. The molecule has 0 saturated heterocycles. The number of carboxylic acid groups (broad SMARTS) is 1. The van der Waals surface area contributed by atoms with Crippen LogP contribution in [0.2, 0.25) is 0 Å². The summed E-state index contributed by atoms with van der Waals surface area (Å²) in [4.78, 5) is 10.3. The van der Waals surface area contributed by atoms with E-state index < -0.39 is 5.97 Å². The van der Waals surface area contributed by atoms with E-state index >= 15 is 0 Å². The van der Waals surface area contributed by atoms with Crippen LogP contribution < -0.4 is 5.73 Å². The van der Waals surface area contributed by atoms with E-state index in [0.29, 0.717) is 6.42 Å². The second-order valence-electron chi connectivity index (χ2n) is 2.61. The molecule has 0 aromatic carbocycles. The predicted octanol–water partition coefficient (Wildman–Crippen LogP) is 0.620. The predicted molar refractivity (Wildman–Crippen MR) is 40.2 cm³/mol. The molecule has 1 fully saturated rings. The number of carboxylic acids is 1. The van der Waals surface area contributed by atoms with E-state index in [1.165, 1.54) is 0 Å². The van der Waals surface area contributed by atoms with E-state index in [-0.39, 0.29) is 24.4 Å². The van der Waals surface area contributed by atoms with Gasteiger partial charge < -0.3 is 10.8 Å². The fraction of sp³-hybridized carbons (Fsp3) is 0.833. The van der Waals surface area contributed by atoms with Crippen LogP contribution in [-0.2, 0) is 4.79 Å². The maximum Gasteiger partial charge on any atom is 0.306 e. The molecule has 2 atom stereocenters. The van der Waals surface area contributed by atoms with Crippen molar-refractivity contribution >= 4 is 18.4 Å². The fourth-order valence-corrected chi connectivity index (χ4v) is 1.24. The van der Waals surface area contributed by atoms with Crippen molar-refractivity contribution in [1.82, 2.24) is 0 Å². The van der Waals surface area contributed by atoms with E-state index in [9.17, 15) is 4.79 Å². The van der Waals surface area contributed by atoms with Crippen molar-refractivity contribution in [1.29, 1.82) is 0 Å². The molecule has 4 heteroatoms. The molecule has 3 nitrogen and oxygen atoms in total. The summed E-state index contributed by atoms with van der Waals surface area (Å²) in [5.41, 5.74) is 5.50. The lowest BCUT2D eigenvalue weighted by atomic mass is 10.1. The van der Waals surface area contributed by atoms with Crippen molar-refractivity contribution in [2.24, 2.45) is 11.7 Å². The van der Waals surface area contributed by atoms with Gasteiger partial charge in [-0.05, 0) is 19.3 Å². The molecule has 1 aliphatic rings. The highest BCUT2D eigenvalue weighted by Crippen LogP contribution is 2.23. The molecular weight excluding hydrogens is 154 g/mol. The Labute approximate surface area is 66.0 Å². The minimum atomic E-state index is -0.692. The summed E-state index contributed by atoms with van der Waals surface area (Å²) in [5.74, 6) is -0.858. The van der Waals surface area contributed by atoms with Gasteiger partial charge in [0.15, 0.2) is 0 Å². The van der Waals surface area contributed by atoms with E-state index in [4.69, 9.17) is 10.8 Å². The number of aliphatic carboxylic acids is 1. The van der Waals surface area contributed by atoms with Gasteiger partial charge in [-0.3, -0.25) is 4.79 Å². The Bertz CT molecular complexity index is 129. The van der Waals surface area contributed by atoms with Gasteiger partial charge in [0.1, 0.15) is 0 Å². The van der Waals surface area contributed by atoms with Gasteiger partial charge in [-0.2, -0.15) is 0 Å². The minimum Gasteiger partial charge on any atom is -0.481 e. The van der Waals surface area contributed by atoms with Crippen molar-refractivity contribution in [3.63, 3.8) is 0 Å². The fourth-order valence-electron chi connectivity index (χ4n) is 1.24. The van der Waals surface area contributed by atoms with E-state index in [1.807, 2.05) is 0 Å². The van der Waals surface area contributed by atoms with Gasteiger partial charge in [0.05, 0.1) is 5.92 Å². The van der Waals surface area contributed by atoms with Gasteiger partial charge in [-0.25, -0.2) is 0 Å². The first-order valence-electron chi connectivity index (χ1n) is 3.18. The largest absolute Gasteiger partial charge is 0.481 e. The van der Waals surface area contributed by atoms with Crippen molar-refractivity contribution in [3.8, 4) is 0 Å². The Hall–Kier alpha value is -0.280. The SMILES string of the molecule is Cl.N[C@@H]1CCC(C(=O)O)C1. The van der Waals surface area contributed by atoms with Crippen LogP contribution in [0.5, 0.6) is 0 Å². The van der Waals surface area contributed by atoms with Gasteiger partial charge in [-0.15, -0.1) is 12.4 Å². The van der Waals surface area contributed by atoms with Crippen molar-refractivity contribution in [2.75, 3.05) is 0 Å². The summed E-state index contributed by atoms with van der Waals surface area (Å²) in [6.07, 6.45) is 2.29. The zero-order chi connectivity index (χ0) is 6.85. The van der Waals surface area contributed by atoms with Crippen LogP contribution in [0.15, 0.2) is 0 Å². The van der Waals surface area contributed by atoms with Gasteiger partial charge >= 0.3 is 5.97 Å². The highest BCUT2D eigenvalue weighted by Gasteiger charge is 2.26. The molecule has 0 heterocycles. The van der Waals surface area contributed by atoms with Gasteiger partial charge in [0.2, 0.25) is 0 Å². The van der Waals surface area contributed by atoms with Gasteiger partial charge in [0.25, 0.3) is 0 Å². The lowest BCUT2D eigenvalue weighted by Gasteiger charge is -1.99. The van der Waals surface area contributed by atoms with Crippen LogP contribution >= 0.6 is 12.4 Å². The smallest absolute Gasteiger partial charge is 0.306 e. The highest BCUT2D eigenvalue weighted by molar-refractivity contribution is 5.85. The molecule has 60 valence electrons. The third-order valence-electron chi connectivity index (χ3n) is 1.82. The van der Waals surface area contributed by atoms with E-state index in [0.717, 1.165) is 12.8 Å². The first-order valence-corrected chi connectivity index (χ1v) is 3.18. The van der Waals surface area contributed by atoms with Crippen LogP contribution in [0.25, 0.3) is 0 Å². The van der Waals surface area contributed by atoms with Crippen LogP contribution in [0.4, 0.5) is 0 Å². The summed E-state index contributed by atoms with van der Waals surface area (Å²) in [6, 6.07) is 0.131. The van der Waals surface area contributed by atoms with Crippen molar-refractivity contribution < 1.29 is 9.90 Å². The molecule has 0 bridgehead atoms. The third kappa shape index (κ3) is 2.15. The number of carbonyl (C=O) groups is 1. The van der Waals surface area contributed by atoms with Gasteiger partial charge in [0, 0.05) is 6.04 Å². The quantitative estimate of drug-likeness (QED) is 0.599. The average molecular weight is 166 g/mol. The first kappa shape index (κ1) is 9.72. The van der Waals surface area contributed by atoms with E-state index in [2.05, 4.69) is 0 Å². The highest BCUT2D eigenvalue weighted by atomic mass is 35.5. The monoisotopic (exact) mass is 165 g/mol. The molecule has 0 amide bonds. The molecule has 3 N–H and O–H groups in total. The summed E-state index contributed by atoms with van der Waals surface area (Å²) in [5, 5.41) is 8.48. The summed E-state index contributed by atoms with van der Waals surface area (Å²) in [7, 11) is 0. The molecule has 1 saturated carbocycles. The Morgan fingerprint density at radius 2 is 2.10 bits per heavy atom. The number of hydrogen-bond acceptors (Lipinski definition) is 2. The molecule has 0 radical (unpaired) electrons. The molecule has 0 spiro atoms. The lowest BCUT2D eigenvalue weighted by molar-refractivity contribution is -0.141. The molecular formula is C6H12ClNO2. The molecule has 0 aromatic heterocycles. The molecule has 10 heavy (non-hydrogen) atoms. The Morgan fingerprint density at radius 3 is 2.30 bits per heavy atom. The second kappa shape index (κ2) is 3.78. The topological polar surface area (TPSA) is 63.3 Å². The van der Waals surface area contributed by atoms with Crippen LogP contribution in [0.1, 0.15) is 19.3 Å². The first-order chi connectivity index (χ1) is 4.20. The normalized spacial score (nSPS) is 31.3.